The minimum atomic E-state index is -4.66. The van der Waals surface area contributed by atoms with Gasteiger partial charge in [0.1, 0.15) is 0 Å². The minimum absolute atomic E-state index is 0.277. The van der Waals surface area contributed by atoms with Crippen LogP contribution in [0.4, 0.5) is 0 Å². The van der Waals surface area contributed by atoms with Crippen LogP contribution in [0.25, 0.3) is 16.2 Å². The van der Waals surface area contributed by atoms with Crippen molar-refractivity contribution in [2.45, 2.75) is 26.4 Å². The Bertz CT molecular complexity index is 1260. The lowest BCUT2D eigenvalue weighted by Crippen LogP contribution is -2.27. The molecule has 2 aromatic heterocycles. The number of ether oxygens (including phenoxy) is 1. The van der Waals surface area contributed by atoms with Crippen LogP contribution in [0.3, 0.4) is 0 Å². The van der Waals surface area contributed by atoms with Crippen molar-refractivity contribution in [3.05, 3.63) is 70.5 Å². The van der Waals surface area contributed by atoms with Crippen molar-refractivity contribution in [1.29, 1.82) is 0 Å². The molecular weight excluding hydrogens is 499 g/mol. The summed E-state index contributed by atoms with van der Waals surface area (Å²) in [6, 6.07) is 10.3. The molecule has 2 N–H and O–H groups in total. The first-order valence-electron chi connectivity index (χ1n) is 10.2. The predicted molar refractivity (Wildman–Crippen MR) is 132 cm³/mol. The van der Waals surface area contributed by atoms with E-state index in [1.807, 2.05) is 0 Å². The molecule has 11 heteroatoms. The van der Waals surface area contributed by atoms with E-state index >= 15 is 0 Å². The number of thiophene rings is 1. The Kier molecular flexibility index (Phi) is 8.28. The van der Waals surface area contributed by atoms with Crippen LogP contribution in [0, 0.1) is 5.41 Å². The van der Waals surface area contributed by atoms with Gasteiger partial charge in [0.15, 0.2) is 5.66 Å². The Labute approximate surface area is 206 Å². The van der Waals surface area contributed by atoms with Gasteiger partial charge in [0.25, 0.3) is 0 Å². The number of rotatable bonds is 8. The Balaban J connectivity index is 1.88. The molecule has 0 radical (unpaired) electrons. The van der Waals surface area contributed by atoms with Crippen LogP contribution in [0.2, 0.25) is 5.02 Å². The molecular formula is C23H24ClN2O6PS. The van der Waals surface area contributed by atoms with Crippen LogP contribution in [-0.2, 0) is 23.4 Å². The minimum Gasteiger partial charge on any atom is -0.438 e. The number of nitrogens with zero attached hydrogens (tertiary/aromatic N) is 1. The number of aromatic nitrogens is 1. The number of esters is 1. The number of hydrogen-bond donors (Lipinski definition) is 2. The molecule has 2 heterocycles. The smallest absolute Gasteiger partial charge is 0.347 e. The highest BCUT2D eigenvalue weighted by atomic mass is 35.5. The van der Waals surface area contributed by atoms with Gasteiger partial charge in [-0.2, -0.15) is 0 Å². The molecule has 8 nitrogen and oxygen atoms in total. The van der Waals surface area contributed by atoms with Crippen molar-refractivity contribution in [2.24, 2.45) is 5.41 Å². The second kappa shape index (κ2) is 10.8. The molecule has 0 fully saturated rings. The molecule has 0 saturated carbocycles. The topological polar surface area (TPSA) is 115 Å². The summed E-state index contributed by atoms with van der Waals surface area (Å²) in [4.78, 5) is 40.0. The number of benzene rings is 1. The maximum absolute atomic E-state index is 13.3. The molecule has 0 saturated heterocycles. The Morgan fingerprint density at radius 3 is 2.74 bits per heavy atom. The first kappa shape index (κ1) is 26.1. The third kappa shape index (κ3) is 6.52. The second-order valence-corrected chi connectivity index (χ2v) is 11.6. The molecule has 3 aromatic rings. The van der Waals surface area contributed by atoms with Crippen molar-refractivity contribution in [3.63, 3.8) is 0 Å². The first-order valence-corrected chi connectivity index (χ1v) is 13.1. The fraction of sp³-hybridized carbons (Fsp3) is 0.261. The molecule has 2 atom stereocenters. The molecule has 34 heavy (non-hydrogen) atoms. The summed E-state index contributed by atoms with van der Waals surface area (Å²) >= 11 is 7.42. The van der Waals surface area contributed by atoms with E-state index in [0.29, 0.717) is 16.1 Å². The maximum atomic E-state index is 13.3. The van der Waals surface area contributed by atoms with E-state index in [0.717, 1.165) is 4.70 Å². The van der Waals surface area contributed by atoms with Gasteiger partial charge in [-0.25, -0.2) is 0 Å². The van der Waals surface area contributed by atoms with Gasteiger partial charge in [-0.05, 0) is 73.5 Å². The molecule has 0 aliphatic carbocycles. The third-order valence-corrected chi connectivity index (χ3v) is 7.50. The van der Waals surface area contributed by atoms with Gasteiger partial charge < -0.3 is 14.9 Å². The van der Waals surface area contributed by atoms with Crippen molar-refractivity contribution >= 4 is 58.6 Å². The van der Waals surface area contributed by atoms with Crippen molar-refractivity contribution in [2.75, 3.05) is 6.79 Å². The number of fused-ring (bicyclic) bond motifs is 1. The highest BCUT2D eigenvalue weighted by Gasteiger charge is 2.42. The third-order valence-electron chi connectivity index (χ3n) is 4.64. The summed E-state index contributed by atoms with van der Waals surface area (Å²) < 4.78 is 24.1. The molecule has 0 aliphatic rings. The first-order chi connectivity index (χ1) is 16.0. The number of hydrogen-bond acceptors (Lipinski definition) is 7. The van der Waals surface area contributed by atoms with Gasteiger partial charge in [-0.1, -0.05) is 17.7 Å². The average Bonchev–Trinajstić information content (AvgIpc) is 3.16. The zero-order valence-corrected chi connectivity index (χ0v) is 21.2. The molecule has 0 aliphatic heterocycles. The fourth-order valence-electron chi connectivity index (χ4n) is 2.91. The maximum Gasteiger partial charge on any atom is 0.347 e. The van der Waals surface area contributed by atoms with Crippen LogP contribution < -0.4 is 5.32 Å². The van der Waals surface area contributed by atoms with E-state index in [2.05, 4.69) is 10.3 Å². The molecule has 3 rings (SSSR count). The summed E-state index contributed by atoms with van der Waals surface area (Å²) in [6.45, 7) is 4.14. The van der Waals surface area contributed by atoms with Gasteiger partial charge in [0.2, 0.25) is 12.7 Å². The lowest BCUT2D eigenvalue weighted by molar-refractivity contribution is -0.159. The molecule has 1 aromatic carbocycles. The van der Waals surface area contributed by atoms with Crippen LogP contribution in [0.15, 0.2) is 54.2 Å². The standard InChI is InChI=1S/C23H24ClN2O6PS/c1-23(2,3)22(28)31-14-32-33(29,30)20(18-13-34-19-8-7-15(24)12-17(18)19)21(27)26-11-9-16-6-4-5-10-25-16/h4-13,20H,14H2,1-3H3,(H,26,27)(H,29,30)/b11-9+. The highest BCUT2D eigenvalue weighted by molar-refractivity contribution is 7.54. The van der Waals surface area contributed by atoms with Crippen LogP contribution in [-0.4, -0.2) is 28.5 Å². The quantitative estimate of drug-likeness (QED) is 0.227. The average molecular weight is 523 g/mol. The molecule has 1 amide bonds. The summed E-state index contributed by atoms with van der Waals surface area (Å²) in [5.41, 5.74) is -1.55. The van der Waals surface area contributed by atoms with E-state index in [1.165, 1.54) is 17.5 Å². The molecule has 180 valence electrons. The largest absolute Gasteiger partial charge is 0.438 e. The molecule has 0 spiro atoms. The van der Waals surface area contributed by atoms with E-state index in [4.69, 9.17) is 20.9 Å². The fourth-order valence-corrected chi connectivity index (χ4v) is 5.44. The number of amides is 1. The summed E-state index contributed by atoms with van der Waals surface area (Å²) in [7, 11) is -4.66. The van der Waals surface area contributed by atoms with E-state index < -0.39 is 37.3 Å². The van der Waals surface area contributed by atoms with Gasteiger partial charge in [-0.3, -0.25) is 23.7 Å². The molecule has 0 bridgehead atoms. The Morgan fingerprint density at radius 2 is 2.06 bits per heavy atom. The van der Waals surface area contributed by atoms with Gasteiger partial charge in [-0.15, -0.1) is 11.3 Å². The highest BCUT2D eigenvalue weighted by Crippen LogP contribution is 2.58. The Morgan fingerprint density at radius 1 is 1.29 bits per heavy atom. The van der Waals surface area contributed by atoms with Gasteiger partial charge in [0.05, 0.1) is 11.1 Å². The second-order valence-electron chi connectivity index (χ2n) is 8.32. The van der Waals surface area contributed by atoms with Crippen molar-refractivity contribution < 1.29 is 28.3 Å². The SMILES string of the molecule is CC(C)(C)C(=O)OCOP(=O)(O)C(C(=O)N/C=C/c1ccccn1)c1csc2ccc(Cl)cc12. The van der Waals surface area contributed by atoms with E-state index in [-0.39, 0.29) is 5.56 Å². The van der Waals surface area contributed by atoms with Crippen LogP contribution in [0.5, 0.6) is 0 Å². The lowest BCUT2D eigenvalue weighted by Gasteiger charge is -2.22. The van der Waals surface area contributed by atoms with Gasteiger partial charge in [0, 0.05) is 22.1 Å². The zero-order valence-electron chi connectivity index (χ0n) is 18.7. The van der Waals surface area contributed by atoms with Crippen molar-refractivity contribution in [1.82, 2.24) is 10.3 Å². The van der Waals surface area contributed by atoms with Crippen LogP contribution in [0.1, 0.15) is 37.7 Å². The predicted octanol–water partition coefficient (Wildman–Crippen LogP) is 5.53. The molecule has 2 unspecified atom stereocenters. The monoisotopic (exact) mass is 522 g/mol. The summed E-state index contributed by atoms with van der Waals surface area (Å²) in [5, 5.41) is 5.10. The number of carbonyl (C=O) groups is 2. The zero-order chi connectivity index (χ0) is 24.9. The number of carbonyl (C=O) groups excluding carboxylic acids is 2. The summed E-state index contributed by atoms with van der Waals surface area (Å²) in [5.74, 6) is -1.39. The number of nitrogens with one attached hydrogen (secondary N) is 1. The van der Waals surface area contributed by atoms with E-state index in [1.54, 1.807) is 74.8 Å². The number of halogens is 1. The van der Waals surface area contributed by atoms with Gasteiger partial charge >= 0.3 is 13.6 Å². The number of pyridine rings is 1. The van der Waals surface area contributed by atoms with E-state index in [9.17, 15) is 19.0 Å². The Hall–Kier alpha value is -2.55. The summed E-state index contributed by atoms with van der Waals surface area (Å²) in [6.07, 6.45) is 4.48. The normalized spacial score (nSPS) is 14.6. The van der Waals surface area contributed by atoms with Crippen LogP contribution >= 0.6 is 30.5 Å². The van der Waals surface area contributed by atoms with Crippen molar-refractivity contribution in [3.8, 4) is 0 Å². The lowest BCUT2D eigenvalue weighted by atomic mass is 9.98.